The van der Waals surface area contributed by atoms with Gasteiger partial charge in [-0.25, -0.2) is 4.98 Å². The van der Waals surface area contributed by atoms with E-state index in [-0.39, 0.29) is 23.7 Å². The lowest BCUT2D eigenvalue weighted by molar-refractivity contribution is -0.137. The molecule has 0 aliphatic carbocycles. The number of alkyl halides is 3. The molecule has 2 saturated heterocycles. The normalized spacial score (nSPS) is 21.4. The second-order valence-electron chi connectivity index (χ2n) is 7.01. The smallest absolute Gasteiger partial charge is 0.356 e. The van der Waals surface area contributed by atoms with E-state index in [0.717, 1.165) is 37.9 Å². The molecule has 0 aromatic carbocycles. The number of nitrogens with one attached hydrogen (secondary N) is 2. The fraction of sp³-hybridized carbons (Fsp3) is 0.611. The minimum Gasteiger partial charge on any atom is -0.356 e. The molecule has 2 N–H and O–H groups in total. The summed E-state index contributed by atoms with van der Waals surface area (Å²) in [5.74, 6) is -0.517. The van der Waals surface area contributed by atoms with Crippen LogP contribution in [0.5, 0.6) is 0 Å². The molecule has 9 heteroatoms. The quantitative estimate of drug-likeness (QED) is 0.840. The number of rotatable bonds is 3. The van der Waals surface area contributed by atoms with Gasteiger partial charge < -0.3 is 15.5 Å². The van der Waals surface area contributed by atoms with E-state index in [9.17, 15) is 22.8 Å². The second-order valence-corrected chi connectivity index (χ2v) is 7.01. The summed E-state index contributed by atoms with van der Waals surface area (Å²) >= 11 is 0. The predicted molar refractivity (Wildman–Crippen MR) is 93.4 cm³/mol. The molecule has 0 radical (unpaired) electrons. The van der Waals surface area contributed by atoms with Crippen LogP contribution >= 0.6 is 0 Å². The Labute approximate surface area is 155 Å². The second kappa shape index (κ2) is 8.14. The summed E-state index contributed by atoms with van der Waals surface area (Å²) in [6.45, 7) is 1.75. The number of amides is 2. The van der Waals surface area contributed by atoms with Gasteiger partial charge in [0, 0.05) is 38.3 Å². The van der Waals surface area contributed by atoms with Crippen LogP contribution < -0.4 is 15.5 Å². The first kappa shape index (κ1) is 19.4. The maximum atomic E-state index is 13.1. The van der Waals surface area contributed by atoms with E-state index >= 15 is 0 Å². The van der Waals surface area contributed by atoms with Crippen molar-refractivity contribution in [1.29, 1.82) is 0 Å². The van der Waals surface area contributed by atoms with Gasteiger partial charge in [0.25, 0.3) is 5.91 Å². The van der Waals surface area contributed by atoms with Crippen LogP contribution in [-0.2, 0) is 11.0 Å². The average molecular weight is 384 g/mol. The summed E-state index contributed by atoms with van der Waals surface area (Å²) in [5, 5.41) is 5.37. The molecule has 2 aliphatic rings. The average Bonchev–Trinajstić information content (AvgIpc) is 2.89. The zero-order valence-corrected chi connectivity index (χ0v) is 14.9. The Morgan fingerprint density at radius 1 is 1.22 bits per heavy atom. The van der Waals surface area contributed by atoms with E-state index < -0.39 is 23.7 Å². The SMILES string of the molecule is O=C1CC(NC(=O)c2cc(C(F)(F)F)cnc2N2CCCCCC2)CCN1. The first-order valence-corrected chi connectivity index (χ1v) is 9.24. The molecule has 3 rings (SSSR count). The number of carbonyl (C=O) groups excluding carboxylic acids is 2. The molecule has 2 amide bonds. The molecule has 2 aliphatic heterocycles. The Morgan fingerprint density at radius 2 is 1.93 bits per heavy atom. The number of piperidine rings is 1. The molecule has 2 fully saturated rings. The lowest BCUT2D eigenvalue weighted by Gasteiger charge is -2.26. The summed E-state index contributed by atoms with van der Waals surface area (Å²) in [6.07, 6.45) is 0.792. The molecular weight excluding hydrogens is 361 g/mol. The third-order valence-electron chi connectivity index (χ3n) is 4.93. The van der Waals surface area contributed by atoms with E-state index in [1.54, 1.807) is 0 Å². The molecule has 0 saturated carbocycles. The van der Waals surface area contributed by atoms with Crippen molar-refractivity contribution in [3.8, 4) is 0 Å². The molecule has 27 heavy (non-hydrogen) atoms. The van der Waals surface area contributed by atoms with Gasteiger partial charge in [0.2, 0.25) is 5.91 Å². The van der Waals surface area contributed by atoms with Crippen molar-refractivity contribution in [3.63, 3.8) is 0 Å². The monoisotopic (exact) mass is 384 g/mol. The van der Waals surface area contributed by atoms with Crippen LogP contribution in [0, 0.1) is 0 Å². The maximum Gasteiger partial charge on any atom is 0.417 e. The number of hydrogen-bond donors (Lipinski definition) is 2. The summed E-state index contributed by atoms with van der Waals surface area (Å²) in [7, 11) is 0. The molecule has 6 nitrogen and oxygen atoms in total. The highest BCUT2D eigenvalue weighted by Crippen LogP contribution is 2.32. The fourth-order valence-corrected chi connectivity index (χ4v) is 3.48. The van der Waals surface area contributed by atoms with Crippen molar-refractivity contribution < 1.29 is 22.8 Å². The molecular formula is C18H23F3N4O2. The van der Waals surface area contributed by atoms with Crippen LogP contribution in [0.1, 0.15) is 54.4 Å². The van der Waals surface area contributed by atoms with Gasteiger partial charge in [-0.15, -0.1) is 0 Å². The van der Waals surface area contributed by atoms with Crippen LogP contribution in [0.25, 0.3) is 0 Å². The van der Waals surface area contributed by atoms with Gasteiger partial charge in [0.05, 0.1) is 11.1 Å². The minimum absolute atomic E-state index is 0.0855. The molecule has 148 valence electrons. The Kier molecular flexibility index (Phi) is 5.86. The number of anilines is 1. The lowest BCUT2D eigenvalue weighted by Crippen LogP contribution is -2.45. The third kappa shape index (κ3) is 4.90. The summed E-state index contributed by atoms with van der Waals surface area (Å²) in [5.41, 5.74) is -1.04. The van der Waals surface area contributed by atoms with E-state index in [0.29, 0.717) is 26.1 Å². The van der Waals surface area contributed by atoms with Gasteiger partial charge in [-0.1, -0.05) is 12.8 Å². The number of hydrogen-bond acceptors (Lipinski definition) is 4. The maximum absolute atomic E-state index is 13.1. The minimum atomic E-state index is -4.58. The van der Waals surface area contributed by atoms with Crippen molar-refractivity contribution in [1.82, 2.24) is 15.6 Å². The van der Waals surface area contributed by atoms with E-state index in [1.165, 1.54) is 0 Å². The lowest BCUT2D eigenvalue weighted by atomic mass is 10.0. The fourth-order valence-electron chi connectivity index (χ4n) is 3.48. The van der Waals surface area contributed by atoms with E-state index in [4.69, 9.17) is 0 Å². The number of pyridine rings is 1. The first-order valence-electron chi connectivity index (χ1n) is 9.24. The number of carbonyl (C=O) groups is 2. The van der Waals surface area contributed by atoms with Crippen molar-refractivity contribution in [3.05, 3.63) is 23.4 Å². The van der Waals surface area contributed by atoms with Crippen molar-refractivity contribution >= 4 is 17.6 Å². The van der Waals surface area contributed by atoms with Crippen molar-refractivity contribution in [2.45, 2.75) is 50.7 Å². The topological polar surface area (TPSA) is 74.3 Å². The van der Waals surface area contributed by atoms with Crippen LogP contribution in [-0.4, -0.2) is 42.5 Å². The van der Waals surface area contributed by atoms with Crippen molar-refractivity contribution in [2.24, 2.45) is 0 Å². The van der Waals surface area contributed by atoms with Crippen molar-refractivity contribution in [2.75, 3.05) is 24.5 Å². The highest BCUT2D eigenvalue weighted by atomic mass is 19.4. The van der Waals surface area contributed by atoms with Gasteiger partial charge in [-0.2, -0.15) is 13.2 Å². The van der Waals surface area contributed by atoms with Crippen LogP contribution in [0.15, 0.2) is 12.3 Å². The molecule has 0 bridgehead atoms. The summed E-state index contributed by atoms with van der Waals surface area (Å²) in [4.78, 5) is 30.2. The van der Waals surface area contributed by atoms with Crippen LogP contribution in [0.2, 0.25) is 0 Å². The molecule has 1 atom stereocenters. The van der Waals surface area contributed by atoms with Crippen LogP contribution in [0.3, 0.4) is 0 Å². The van der Waals surface area contributed by atoms with Gasteiger partial charge in [0.1, 0.15) is 5.82 Å². The number of halogens is 3. The Morgan fingerprint density at radius 3 is 2.56 bits per heavy atom. The highest BCUT2D eigenvalue weighted by molar-refractivity contribution is 5.99. The zero-order chi connectivity index (χ0) is 19.4. The number of nitrogens with zero attached hydrogens (tertiary/aromatic N) is 2. The largest absolute Gasteiger partial charge is 0.417 e. The van der Waals surface area contributed by atoms with Gasteiger partial charge >= 0.3 is 6.18 Å². The predicted octanol–water partition coefficient (Wildman–Crippen LogP) is 2.49. The van der Waals surface area contributed by atoms with E-state index in [1.807, 2.05) is 4.90 Å². The van der Waals surface area contributed by atoms with E-state index in [2.05, 4.69) is 15.6 Å². The molecule has 1 aromatic rings. The van der Waals surface area contributed by atoms with Gasteiger partial charge in [-0.3, -0.25) is 9.59 Å². The Bertz CT molecular complexity index is 700. The third-order valence-corrected chi connectivity index (χ3v) is 4.93. The van der Waals surface area contributed by atoms with Gasteiger partial charge in [-0.05, 0) is 25.3 Å². The Hall–Kier alpha value is -2.32. The highest BCUT2D eigenvalue weighted by Gasteiger charge is 2.34. The summed E-state index contributed by atoms with van der Waals surface area (Å²) in [6, 6.07) is 0.476. The first-order chi connectivity index (χ1) is 12.8. The van der Waals surface area contributed by atoms with Crippen LogP contribution in [0.4, 0.5) is 19.0 Å². The molecule has 1 unspecified atom stereocenters. The number of aromatic nitrogens is 1. The standard InChI is InChI=1S/C18H23F3N4O2/c19-18(20,21)12-9-14(17(27)24-13-5-6-22-15(26)10-13)16(23-11-12)25-7-3-1-2-4-8-25/h9,11,13H,1-8,10H2,(H,22,26)(H,24,27). The van der Waals surface area contributed by atoms with Gasteiger partial charge in [0.15, 0.2) is 0 Å². The summed E-state index contributed by atoms with van der Waals surface area (Å²) < 4.78 is 39.4. The molecule has 0 spiro atoms. The molecule has 1 aromatic heterocycles. The molecule has 3 heterocycles. The Balaban J connectivity index is 1.88. The zero-order valence-electron chi connectivity index (χ0n) is 14.9.